The number of carbonyl (C=O) groups is 1. The van der Waals surface area contributed by atoms with Gasteiger partial charge in [-0.3, -0.25) is 4.79 Å². The lowest BCUT2D eigenvalue weighted by molar-refractivity contribution is 0.0956. The van der Waals surface area contributed by atoms with Crippen molar-refractivity contribution in [1.29, 1.82) is 5.26 Å². The monoisotopic (exact) mass is 399 g/mol. The van der Waals surface area contributed by atoms with Gasteiger partial charge in [0.1, 0.15) is 16.2 Å². The van der Waals surface area contributed by atoms with E-state index in [1.807, 2.05) is 35.9 Å². The average Bonchev–Trinajstić information content (AvgIpc) is 3.10. The molecule has 2 aromatic carbocycles. The minimum Gasteiger partial charge on any atom is -0.495 e. The van der Waals surface area contributed by atoms with Crippen LogP contribution in [0.5, 0.6) is 5.75 Å². The molecular weight excluding hydrogens is 382 g/mol. The van der Waals surface area contributed by atoms with Gasteiger partial charge < -0.3 is 14.1 Å². The minimum atomic E-state index is -4.24. The molecule has 8 nitrogen and oxygen atoms in total. The van der Waals surface area contributed by atoms with Crippen molar-refractivity contribution >= 4 is 32.6 Å². The molecule has 0 atom stereocenters. The molecule has 0 radical (unpaired) electrons. The number of anilines is 1. The number of hydrogen-bond donors (Lipinski definition) is 1. The molecule has 9 heteroatoms. The first-order valence-corrected chi connectivity index (χ1v) is 9.59. The van der Waals surface area contributed by atoms with Crippen LogP contribution >= 0.6 is 0 Å². The van der Waals surface area contributed by atoms with Gasteiger partial charge in [-0.2, -0.15) is 5.26 Å². The number of amides is 1. The predicted octanol–water partition coefficient (Wildman–Crippen LogP) is 2.50. The van der Waals surface area contributed by atoms with E-state index in [1.54, 1.807) is 12.1 Å². The Morgan fingerprint density at radius 2 is 1.93 bits per heavy atom. The summed E-state index contributed by atoms with van der Waals surface area (Å²) in [4.78, 5) is 14.1. The summed E-state index contributed by atoms with van der Waals surface area (Å²) >= 11 is 0. The van der Waals surface area contributed by atoms with Crippen molar-refractivity contribution in [3.63, 3.8) is 0 Å². The molecule has 0 spiro atoms. The van der Waals surface area contributed by atoms with E-state index in [4.69, 9.17) is 14.4 Å². The highest BCUT2D eigenvalue weighted by atomic mass is 32.2. The van der Waals surface area contributed by atoms with Gasteiger partial charge in [0.25, 0.3) is 10.0 Å². The fraction of sp³-hybridized carbons (Fsp3) is 0.158. The third kappa shape index (κ3) is 3.63. The molecule has 0 bridgehead atoms. The number of benzene rings is 2. The van der Waals surface area contributed by atoms with Gasteiger partial charge in [0.15, 0.2) is 5.76 Å². The Kier molecular flexibility index (Phi) is 4.98. The molecule has 0 fully saturated rings. The average molecular weight is 399 g/mol. The number of carbonyl (C=O) groups excluding carboxylic acids is 1. The zero-order chi connectivity index (χ0) is 20.5. The Morgan fingerprint density at radius 1 is 1.18 bits per heavy atom. The highest BCUT2D eigenvalue weighted by Crippen LogP contribution is 2.27. The number of nitriles is 1. The first kappa shape index (κ1) is 19.3. The number of methoxy groups -OCH3 is 1. The molecule has 0 aliphatic rings. The smallest absolute Gasteiger partial charge is 0.300 e. The van der Waals surface area contributed by atoms with Gasteiger partial charge in [-0.1, -0.05) is 0 Å². The molecule has 3 rings (SSSR count). The molecule has 0 aliphatic carbocycles. The minimum absolute atomic E-state index is 0.0421. The van der Waals surface area contributed by atoms with Gasteiger partial charge in [0.2, 0.25) is 0 Å². The van der Waals surface area contributed by atoms with Gasteiger partial charge in [-0.25, -0.2) is 13.1 Å². The molecule has 0 saturated heterocycles. The number of hydrogen-bond acceptors (Lipinski definition) is 7. The van der Waals surface area contributed by atoms with Crippen LogP contribution in [-0.4, -0.2) is 35.5 Å². The Labute approximate surface area is 162 Å². The van der Waals surface area contributed by atoms with Crippen LogP contribution in [0.2, 0.25) is 0 Å². The van der Waals surface area contributed by atoms with Crippen LogP contribution in [0, 0.1) is 11.3 Å². The van der Waals surface area contributed by atoms with Crippen molar-refractivity contribution in [3.05, 3.63) is 53.8 Å². The van der Waals surface area contributed by atoms with E-state index in [9.17, 15) is 13.2 Å². The fourth-order valence-corrected chi connectivity index (χ4v) is 3.71. The van der Waals surface area contributed by atoms with Crippen LogP contribution in [0.3, 0.4) is 0 Å². The second-order valence-corrected chi connectivity index (χ2v) is 7.79. The maximum absolute atomic E-state index is 12.6. The third-order valence-electron chi connectivity index (χ3n) is 4.05. The summed E-state index contributed by atoms with van der Waals surface area (Å²) in [5.41, 5.74) is 1.57. The van der Waals surface area contributed by atoms with Gasteiger partial charge in [0.05, 0.1) is 18.7 Å². The summed E-state index contributed by atoms with van der Waals surface area (Å²) in [5.74, 6) is -1.09. The topological polar surface area (TPSA) is 113 Å². The first-order valence-electron chi connectivity index (χ1n) is 8.11. The number of sulfonamides is 1. The van der Waals surface area contributed by atoms with Gasteiger partial charge in [0, 0.05) is 31.2 Å². The fourth-order valence-electron chi connectivity index (χ4n) is 2.60. The SMILES string of the molecule is COc1cc(C#N)ccc1S(=O)(=O)NC(=O)c1cc2ccc(N(C)C)cc2o1. The highest BCUT2D eigenvalue weighted by Gasteiger charge is 2.25. The van der Waals surface area contributed by atoms with E-state index in [0.29, 0.717) is 11.0 Å². The van der Waals surface area contributed by atoms with Crippen LogP contribution in [0.1, 0.15) is 16.1 Å². The summed E-state index contributed by atoms with van der Waals surface area (Å²) in [7, 11) is 0.781. The Balaban J connectivity index is 1.92. The number of ether oxygens (including phenoxy) is 1. The molecule has 1 heterocycles. The molecule has 144 valence electrons. The van der Waals surface area contributed by atoms with E-state index in [0.717, 1.165) is 5.69 Å². The molecule has 0 saturated carbocycles. The van der Waals surface area contributed by atoms with E-state index in [-0.39, 0.29) is 22.0 Å². The Morgan fingerprint density at radius 3 is 2.57 bits per heavy atom. The number of rotatable bonds is 5. The van der Waals surface area contributed by atoms with Crippen molar-refractivity contribution in [2.75, 3.05) is 26.1 Å². The molecule has 0 aliphatic heterocycles. The van der Waals surface area contributed by atoms with Crippen LogP contribution < -0.4 is 14.4 Å². The van der Waals surface area contributed by atoms with Crippen molar-refractivity contribution in [2.45, 2.75) is 4.90 Å². The Bertz CT molecular complexity index is 1210. The second kappa shape index (κ2) is 7.25. The van der Waals surface area contributed by atoms with E-state index in [2.05, 4.69) is 0 Å². The standard InChI is InChI=1S/C19H17N3O5S/c1-22(2)14-6-5-13-9-17(27-15(13)10-14)19(23)21-28(24,25)18-7-4-12(11-20)8-16(18)26-3/h4-10H,1-3H3,(H,21,23). The van der Waals surface area contributed by atoms with Crippen molar-refractivity contribution in [1.82, 2.24) is 4.72 Å². The van der Waals surface area contributed by atoms with Crippen molar-refractivity contribution < 1.29 is 22.4 Å². The van der Waals surface area contributed by atoms with E-state index in [1.165, 1.54) is 31.4 Å². The van der Waals surface area contributed by atoms with Crippen LogP contribution in [-0.2, 0) is 10.0 Å². The lowest BCUT2D eigenvalue weighted by atomic mass is 10.2. The summed E-state index contributed by atoms with van der Waals surface area (Å²) in [6.45, 7) is 0. The number of furan rings is 1. The Hall–Kier alpha value is -3.51. The van der Waals surface area contributed by atoms with Gasteiger partial charge in [-0.05, 0) is 36.4 Å². The highest BCUT2D eigenvalue weighted by molar-refractivity contribution is 7.90. The molecule has 1 N–H and O–H groups in total. The first-order chi connectivity index (χ1) is 13.2. The molecule has 1 aromatic heterocycles. The summed E-state index contributed by atoms with van der Waals surface area (Å²) in [6, 6.07) is 12.6. The normalized spacial score (nSPS) is 11.1. The zero-order valence-electron chi connectivity index (χ0n) is 15.4. The van der Waals surface area contributed by atoms with Gasteiger partial charge in [-0.15, -0.1) is 0 Å². The molecule has 3 aromatic rings. The van der Waals surface area contributed by atoms with Gasteiger partial charge >= 0.3 is 5.91 Å². The quantitative estimate of drug-likeness (QED) is 0.701. The number of nitrogens with zero attached hydrogens (tertiary/aromatic N) is 2. The van der Waals surface area contributed by atoms with E-state index < -0.39 is 15.9 Å². The largest absolute Gasteiger partial charge is 0.495 e. The maximum Gasteiger partial charge on any atom is 0.300 e. The predicted molar refractivity (Wildman–Crippen MR) is 103 cm³/mol. The number of nitrogens with one attached hydrogen (secondary N) is 1. The number of fused-ring (bicyclic) bond motifs is 1. The lowest BCUT2D eigenvalue weighted by Gasteiger charge is -2.11. The summed E-state index contributed by atoms with van der Waals surface area (Å²) < 4.78 is 37.7. The molecular formula is C19H17N3O5S. The van der Waals surface area contributed by atoms with Crippen molar-refractivity contribution in [2.24, 2.45) is 0 Å². The molecule has 1 amide bonds. The summed E-state index contributed by atoms with van der Waals surface area (Å²) in [5, 5.41) is 9.60. The second-order valence-electron chi connectivity index (χ2n) is 6.14. The van der Waals surface area contributed by atoms with E-state index >= 15 is 0 Å². The maximum atomic E-state index is 12.6. The van der Waals surface area contributed by atoms with Crippen LogP contribution in [0.25, 0.3) is 11.0 Å². The molecule has 0 unspecified atom stereocenters. The van der Waals surface area contributed by atoms with Crippen LogP contribution in [0.15, 0.2) is 51.8 Å². The van der Waals surface area contributed by atoms with Crippen LogP contribution in [0.4, 0.5) is 5.69 Å². The summed E-state index contributed by atoms with van der Waals surface area (Å²) in [6.07, 6.45) is 0. The van der Waals surface area contributed by atoms with Crippen molar-refractivity contribution in [3.8, 4) is 11.8 Å². The lowest BCUT2D eigenvalue weighted by Crippen LogP contribution is -2.30. The third-order valence-corrected chi connectivity index (χ3v) is 5.42. The zero-order valence-corrected chi connectivity index (χ0v) is 16.2. The molecule has 28 heavy (non-hydrogen) atoms.